The summed E-state index contributed by atoms with van der Waals surface area (Å²) in [5.74, 6) is 1.93. The molecule has 0 aliphatic carbocycles. The number of carbonyl (C=O) groups excluding carboxylic acids is 5. The van der Waals surface area contributed by atoms with E-state index in [4.69, 9.17) is 21.1 Å². The summed E-state index contributed by atoms with van der Waals surface area (Å²) in [5, 5.41) is 6.72. The smallest absolute Gasteiger partial charge is 0.328 e. The first-order chi connectivity index (χ1) is 31.6. The fourth-order valence-corrected chi connectivity index (χ4v) is 9.88. The minimum Gasteiger partial charge on any atom is -0.495 e. The second-order valence-corrected chi connectivity index (χ2v) is 17.6. The van der Waals surface area contributed by atoms with Gasteiger partial charge in [0.25, 0.3) is 5.91 Å². The standard InChI is InChI=1S/C48H52ClN9O7/c1-64-40-12-9-31(25-39(40)58-23-17-41(59)54-48(58)63)47(62)56-21-15-33(16-22-56)55-19-13-30(14-20-55)24-42(60)57-18-5-6-32(28-57)53-46-43-37(27-50-45(43)51-29-52-46)44(61)36-11-10-35(26-38(36)49)65-34-7-3-2-4-8-34/h2-4,7-12,25-27,29-30,32-33H,5-6,13-24,28H2,1H3,(H,54,59,63)(H2,50,51,52,53). The fourth-order valence-electron chi connectivity index (χ4n) is 9.62. The highest BCUT2D eigenvalue weighted by molar-refractivity contribution is 6.35. The summed E-state index contributed by atoms with van der Waals surface area (Å²) in [7, 11) is 1.51. The summed E-state index contributed by atoms with van der Waals surface area (Å²) < 4.78 is 11.4. The lowest BCUT2D eigenvalue weighted by molar-refractivity contribution is -0.133. The number of aromatic nitrogens is 3. The Labute approximate surface area is 381 Å². The number of benzene rings is 3. The number of likely N-dealkylation sites (tertiary alicyclic amines) is 3. The van der Waals surface area contributed by atoms with Crippen LogP contribution in [-0.4, -0.2) is 124 Å². The highest BCUT2D eigenvalue weighted by atomic mass is 35.5. The van der Waals surface area contributed by atoms with E-state index in [2.05, 4.69) is 30.5 Å². The van der Waals surface area contributed by atoms with Crippen LogP contribution in [0.5, 0.6) is 17.2 Å². The van der Waals surface area contributed by atoms with E-state index in [1.165, 1.54) is 18.3 Å². The third-order valence-electron chi connectivity index (χ3n) is 13.1. The van der Waals surface area contributed by atoms with Gasteiger partial charge in [-0.05, 0) is 100.0 Å². The van der Waals surface area contributed by atoms with Gasteiger partial charge in [-0.15, -0.1) is 0 Å². The van der Waals surface area contributed by atoms with Gasteiger partial charge in [-0.2, -0.15) is 0 Å². The lowest BCUT2D eigenvalue weighted by Gasteiger charge is -2.42. The van der Waals surface area contributed by atoms with Crippen molar-refractivity contribution in [2.24, 2.45) is 5.92 Å². The van der Waals surface area contributed by atoms with Crippen LogP contribution < -0.4 is 25.0 Å². The number of carbonyl (C=O) groups is 5. The lowest BCUT2D eigenvalue weighted by atomic mass is 9.90. The zero-order valence-electron chi connectivity index (χ0n) is 36.3. The van der Waals surface area contributed by atoms with Crippen LogP contribution in [0.2, 0.25) is 5.02 Å². The van der Waals surface area contributed by atoms with Crippen molar-refractivity contribution in [3.8, 4) is 17.2 Å². The normalized spacial score (nSPS) is 19.0. The highest BCUT2D eigenvalue weighted by Gasteiger charge is 2.34. The van der Waals surface area contributed by atoms with E-state index in [0.717, 1.165) is 51.6 Å². The molecular weight excluding hydrogens is 850 g/mol. The van der Waals surface area contributed by atoms with Crippen molar-refractivity contribution >= 4 is 63.7 Å². The van der Waals surface area contributed by atoms with Gasteiger partial charge in [0.2, 0.25) is 11.8 Å². The third-order valence-corrected chi connectivity index (χ3v) is 13.5. The van der Waals surface area contributed by atoms with Crippen LogP contribution in [0.1, 0.15) is 77.6 Å². The van der Waals surface area contributed by atoms with Crippen molar-refractivity contribution in [1.82, 2.24) is 35.0 Å². The average molecular weight is 902 g/mol. The number of para-hydroxylation sites is 1. The summed E-state index contributed by atoms with van der Waals surface area (Å²) in [6.45, 7) is 4.54. The van der Waals surface area contributed by atoms with Crippen LogP contribution in [-0.2, 0) is 9.59 Å². The first-order valence-corrected chi connectivity index (χ1v) is 22.8. The van der Waals surface area contributed by atoms with E-state index in [1.807, 2.05) is 40.1 Å². The fraction of sp³-hybridized carbons (Fsp3) is 0.396. The molecule has 65 heavy (non-hydrogen) atoms. The van der Waals surface area contributed by atoms with Crippen LogP contribution in [0.3, 0.4) is 0 Å². The number of amides is 5. The third kappa shape index (κ3) is 9.64. The summed E-state index contributed by atoms with van der Waals surface area (Å²) in [6, 6.07) is 19.2. The molecular formula is C48H52ClN9O7. The molecule has 17 heteroatoms. The summed E-state index contributed by atoms with van der Waals surface area (Å²) >= 11 is 6.65. The summed E-state index contributed by atoms with van der Waals surface area (Å²) in [4.78, 5) is 85.6. The summed E-state index contributed by atoms with van der Waals surface area (Å²) in [5.41, 5.74) is 2.17. The molecule has 1 unspecified atom stereocenters. The molecule has 0 bridgehead atoms. The van der Waals surface area contributed by atoms with E-state index in [1.54, 1.807) is 42.6 Å². The second kappa shape index (κ2) is 19.3. The predicted molar refractivity (Wildman–Crippen MR) is 245 cm³/mol. The van der Waals surface area contributed by atoms with Crippen molar-refractivity contribution in [2.75, 3.05) is 63.1 Å². The van der Waals surface area contributed by atoms with Gasteiger partial charge in [0.1, 0.15) is 35.0 Å². The molecule has 9 rings (SSSR count). The summed E-state index contributed by atoms with van der Waals surface area (Å²) in [6.07, 6.45) is 9.08. The van der Waals surface area contributed by atoms with Gasteiger partial charge < -0.3 is 34.5 Å². The van der Waals surface area contributed by atoms with Gasteiger partial charge in [-0.3, -0.25) is 29.4 Å². The van der Waals surface area contributed by atoms with Gasteiger partial charge in [-0.1, -0.05) is 29.8 Å². The molecule has 6 heterocycles. The van der Waals surface area contributed by atoms with Gasteiger partial charge in [0, 0.05) is 81.0 Å². The van der Waals surface area contributed by atoms with Gasteiger partial charge in [-0.25, -0.2) is 14.8 Å². The molecule has 5 amide bonds. The van der Waals surface area contributed by atoms with Crippen molar-refractivity contribution in [3.05, 3.63) is 101 Å². The van der Waals surface area contributed by atoms with E-state index in [9.17, 15) is 24.0 Å². The van der Waals surface area contributed by atoms with E-state index in [0.29, 0.717) is 101 Å². The van der Waals surface area contributed by atoms with Crippen LogP contribution in [0.15, 0.2) is 79.3 Å². The number of halogens is 1. The Balaban J connectivity index is 0.755. The van der Waals surface area contributed by atoms with E-state index in [-0.39, 0.29) is 47.5 Å². The topological polar surface area (TPSA) is 182 Å². The maximum atomic E-state index is 13.9. The number of methoxy groups -OCH3 is 1. The number of hydrogen-bond donors (Lipinski definition) is 3. The predicted octanol–water partition coefficient (Wildman–Crippen LogP) is 6.90. The molecule has 5 aromatic rings. The van der Waals surface area contributed by atoms with Crippen LogP contribution in [0.4, 0.5) is 16.3 Å². The number of nitrogens with zero attached hydrogens (tertiary/aromatic N) is 6. The number of nitrogens with one attached hydrogen (secondary N) is 3. The Kier molecular flexibility index (Phi) is 13.0. The zero-order chi connectivity index (χ0) is 45.0. The van der Waals surface area contributed by atoms with Crippen molar-refractivity contribution in [3.63, 3.8) is 0 Å². The van der Waals surface area contributed by atoms with E-state index >= 15 is 0 Å². The minimum atomic E-state index is -0.531. The van der Waals surface area contributed by atoms with Crippen molar-refractivity contribution in [2.45, 2.75) is 63.5 Å². The maximum Gasteiger partial charge on any atom is 0.328 e. The number of fused-ring (bicyclic) bond motifs is 1. The van der Waals surface area contributed by atoms with Crippen LogP contribution >= 0.6 is 11.6 Å². The number of ketones is 1. The molecule has 4 saturated heterocycles. The number of H-pyrrole nitrogens is 1. The Morgan fingerprint density at radius 1 is 0.846 bits per heavy atom. The largest absolute Gasteiger partial charge is 0.495 e. The molecule has 0 radical (unpaired) electrons. The molecule has 16 nitrogen and oxygen atoms in total. The molecule has 4 aliphatic heterocycles. The first kappa shape index (κ1) is 43.7. The molecule has 3 aromatic carbocycles. The Bertz CT molecular complexity index is 2590. The van der Waals surface area contributed by atoms with Crippen LogP contribution in [0.25, 0.3) is 11.0 Å². The monoisotopic (exact) mass is 901 g/mol. The van der Waals surface area contributed by atoms with Gasteiger partial charge >= 0.3 is 6.03 Å². The number of ether oxygens (including phenoxy) is 2. The number of piperidine rings is 3. The molecule has 338 valence electrons. The second-order valence-electron chi connectivity index (χ2n) is 17.2. The molecule has 3 N–H and O–H groups in total. The average Bonchev–Trinajstić information content (AvgIpc) is 3.77. The highest BCUT2D eigenvalue weighted by Crippen LogP contribution is 2.34. The number of aromatic amines is 1. The first-order valence-electron chi connectivity index (χ1n) is 22.4. The minimum absolute atomic E-state index is 0.0591. The number of urea groups is 1. The lowest BCUT2D eigenvalue weighted by Crippen LogP contribution is -2.50. The molecule has 4 aliphatic rings. The number of rotatable bonds is 12. The maximum absolute atomic E-state index is 13.9. The van der Waals surface area contributed by atoms with Gasteiger partial charge in [0.15, 0.2) is 5.78 Å². The molecule has 0 saturated carbocycles. The number of anilines is 2. The SMILES string of the molecule is COc1ccc(C(=O)N2CCC(N3CCC(CC(=O)N4CCCC(Nc5ncnc6[nH]cc(C(=O)c7ccc(Oc8ccccc8)cc7Cl)c56)C4)CC3)CC2)cc1N1CCC(=O)NC1=O. The van der Waals surface area contributed by atoms with Gasteiger partial charge in [0.05, 0.1) is 28.8 Å². The Morgan fingerprint density at radius 3 is 2.40 bits per heavy atom. The number of imide groups is 1. The Hall–Kier alpha value is -6.52. The quantitative estimate of drug-likeness (QED) is 0.111. The van der Waals surface area contributed by atoms with Crippen LogP contribution in [0, 0.1) is 5.92 Å². The molecule has 1 atom stereocenters. The number of hydrogen-bond acceptors (Lipinski definition) is 11. The van der Waals surface area contributed by atoms with Crippen molar-refractivity contribution < 1.29 is 33.4 Å². The molecule has 2 aromatic heterocycles. The van der Waals surface area contributed by atoms with E-state index < -0.39 is 6.03 Å². The zero-order valence-corrected chi connectivity index (χ0v) is 37.0. The Morgan fingerprint density at radius 2 is 1.65 bits per heavy atom. The van der Waals surface area contributed by atoms with Crippen molar-refractivity contribution in [1.29, 1.82) is 0 Å². The molecule has 0 spiro atoms. The molecule has 4 fully saturated rings.